The fraction of sp³-hybridized carbons (Fsp3) is 0.833. The Morgan fingerprint density at radius 1 is 1.35 bits per heavy atom. The van der Waals surface area contributed by atoms with Crippen LogP contribution >= 0.6 is 0 Å². The van der Waals surface area contributed by atoms with Crippen molar-refractivity contribution < 1.29 is 19.4 Å². The molecule has 0 saturated heterocycles. The summed E-state index contributed by atoms with van der Waals surface area (Å²) in [5.41, 5.74) is 0. The van der Waals surface area contributed by atoms with E-state index in [4.69, 9.17) is 9.84 Å². The summed E-state index contributed by atoms with van der Waals surface area (Å²) in [6.45, 7) is 3.56. The quantitative estimate of drug-likeness (QED) is 0.706. The van der Waals surface area contributed by atoms with Crippen molar-refractivity contribution in [2.24, 2.45) is 11.8 Å². The fourth-order valence-corrected chi connectivity index (χ4v) is 2.29. The van der Waals surface area contributed by atoms with Gasteiger partial charge in [-0.3, -0.25) is 9.59 Å². The molecule has 17 heavy (non-hydrogen) atoms. The molecule has 2 atom stereocenters. The number of likely N-dealkylation sites (N-methyl/N-ethyl adjacent to an activating group) is 1. The average Bonchev–Trinajstić information content (AvgIpc) is 2.77. The van der Waals surface area contributed by atoms with Crippen molar-refractivity contribution in [3.63, 3.8) is 0 Å². The number of nitrogens with zero attached hydrogens (tertiary/aromatic N) is 1. The Labute approximate surface area is 102 Å². The van der Waals surface area contributed by atoms with Crippen LogP contribution in [0, 0.1) is 11.8 Å². The van der Waals surface area contributed by atoms with E-state index < -0.39 is 11.9 Å². The van der Waals surface area contributed by atoms with Crippen LogP contribution in [0.3, 0.4) is 0 Å². The van der Waals surface area contributed by atoms with E-state index in [9.17, 15) is 9.59 Å². The summed E-state index contributed by atoms with van der Waals surface area (Å²) in [6.07, 6.45) is 2.13. The van der Waals surface area contributed by atoms with Gasteiger partial charge in [0.15, 0.2) is 0 Å². The molecule has 0 bridgehead atoms. The molecule has 5 heteroatoms. The Hall–Kier alpha value is -1.10. The van der Waals surface area contributed by atoms with Crippen LogP contribution in [0.5, 0.6) is 0 Å². The lowest BCUT2D eigenvalue weighted by Gasteiger charge is -2.23. The van der Waals surface area contributed by atoms with Gasteiger partial charge in [0, 0.05) is 20.2 Å². The molecular formula is C12H21NO4. The van der Waals surface area contributed by atoms with Gasteiger partial charge in [0.25, 0.3) is 0 Å². The summed E-state index contributed by atoms with van der Waals surface area (Å²) in [4.78, 5) is 24.7. The molecule has 0 aromatic carbocycles. The van der Waals surface area contributed by atoms with Gasteiger partial charge in [0.1, 0.15) is 0 Å². The third-order valence-electron chi connectivity index (χ3n) is 3.30. The zero-order valence-corrected chi connectivity index (χ0v) is 10.5. The lowest BCUT2D eigenvalue weighted by Crippen LogP contribution is -2.38. The molecule has 1 rings (SSSR count). The molecular weight excluding hydrogens is 222 g/mol. The van der Waals surface area contributed by atoms with E-state index in [1.807, 2.05) is 6.92 Å². The first-order valence-corrected chi connectivity index (χ1v) is 6.13. The third kappa shape index (κ3) is 3.70. The van der Waals surface area contributed by atoms with E-state index in [2.05, 4.69) is 0 Å². The molecule has 1 amide bonds. The minimum atomic E-state index is -0.848. The molecule has 2 unspecified atom stereocenters. The predicted octanol–water partition coefficient (Wildman–Crippen LogP) is 0.982. The number of hydrogen-bond acceptors (Lipinski definition) is 3. The van der Waals surface area contributed by atoms with Crippen LogP contribution < -0.4 is 0 Å². The third-order valence-corrected chi connectivity index (χ3v) is 3.30. The number of rotatable bonds is 6. The van der Waals surface area contributed by atoms with Crippen LogP contribution in [0.25, 0.3) is 0 Å². The van der Waals surface area contributed by atoms with E-state index in [-0.39, 0.29) is 11.8 Å². The zero-order valence-electron chi connectivity index (χ0n) is 10.5. The first-order valence-electron chi connectivity index (χ1n) is 6.13. The Balaban J connectivity index is 2.47. The van der Waals surface area contributed by atoms with E-state index in [1.165, 1.54) is 0 Å². The topological polar surface area (TPSA) is 66.8 Å². The van der Waals surface area contributed by atoms with Crippen LogP contribution in [0.4, 0.5) is 0 Å². The Morgan fingerprint density at radius 3 is 2.59 bits per heavy atom. The van der Waals surface area contributed by atoms with Crippen LogP contribution in [-0.4, -0.2) is 48.7 Å². The van der Waals surface area contributed by atoms with Gasteiger partial charge in [-0.25, -0.2) is 0 Å². The summed E-state index contributed by atoms with van der Waals surface area (Å²) >= 11 is 0. The van der Waals surface area contributed by atoms with Crippen molar-refractivity contribution in [3.05, 3.63) is 0 Å². The molecule has 0 aromatic heterocycles. The van der Waals surface area contributed by atoms with Crippen LogP contribution in [0.2, 0.25) is 0 Å². The lowest BCUT2D eigenvalue weighted by molar-refractivity contribution is -0.148. The first-order chi connectivity index (χ1) is 8.07. The molecule has 1 fully saturated rings. The summed E-state index contributed by atoms with van der Waals surface area (Å²) in [5, 5.41) is 9.03. The van der Waals surface area contributed by atoms with Crippen molar-refractivity contribution in [1.29, 1.82) is 0 Å². The molecule has 0 aromatic rings. The molecule has 0 heterocycles. The van der Waals surface area contributed by atoms with E-state index in [1.54, 1.807) is 11.9 Å². The standard InChI is InChI=1S/C12H21NO4/c1-3-17-8-7-13(2)11(14)9-5-4-6-10(9)12(15)16/h9-10H,3-8H2,1-2H3,(H,15,16). The van der Waals surface area contributed by atoms with Gasteiger partial charge >= 0.3 is 5.97 Å². The summed E-state index contributed by atoms with van der Waals surface area (Å²) in [6, 6.07) is 0. The minimum absolute atomic E-state index is 0.0606. The number of ether oxygens (including phenoxy) is 1. The molecule has 0 spiro atoms. The van der Waals surface area contributed by atoms with Gasteiger partial charge in [-0.15, -0.1) is 0 Å². The molecule has 5 nitrogen and oxygen atoms in total. The first kappa shape index (κ1) is 14.0. The van der Waals surface area contributed by atoms with E-state index >= 15 is 0 Å². The van der Waals surface area contributed by atoms with Crippen molar-refractivity contribution in [3.8, 4) is 0 Å². The molecule has 1 N–H and O–H groups in total. The van der Waals surface area contributed by atoms with E-state index in [0.29, 0.717) is 32.6 Å². The lowest BCUT2D eigenvalue weighted by atomic mass is 9.95. The highest BCUT2D eigenvalue weighted by molar-refractivity contribution is 5.85. The maximum atomic E-state index is 12.1. The molecule has 0 aliphatic heterocycles. The molecule has 1 aliphatic carbocycles. The van der Waals surface area contributed by atoms with Crippen molar-refractivity contribution >= 4 is 11.9 Å². The average molecular weight is 243 g/mol. The van der Waals surface area contributed by atoms with Crippen molar-refractivity contribution in [2.45, 2.75) is 26.2 Å². The molecule has 0 radical (unpaired) electrons. The predicted molar refractivity (Wildman–Crippen MR) is 62.6 cm³/mol. The van der Waals surface area contributed by atoms with Crippen molar-refractivity contribution in [2.75, 3.05) is 26.8 Å². The summed E-state index contributed by atoms with van der Waals surface area (Å²) < 4.78 is 5.18. The number of aliphatic carboxylic acids is 1. The Morgan fingerprint density at radius 2 is 2.00 bits per heavy atom. The molecule has 1 saturated carbocycles. The number of carbonyl (C=O) groups is 2. The van der Waals surface area contributed by atoms with Crippen LogP contribution in [0.1, 0.15) is 26.2 Å². The van der Waals surface area contributed by atoms with Crippen molar-refractivity contribution in [1.82, 2.24) is 4.90 Å². The maximum Gasteiger partial charge on any atom is 0.307 e. The smallest absolute Gasteiger partial charge is 0.307 e. The van der Waals surface area contributed by atoms with Crippen LogP contribution in [-0.2, 0) is 14.3 Å². The highest BCUT2D eigenvalue weighted by Crippen LogP contribution is 2.33. The zero-order chi connectivity index (χ0) is 12.8. The van der Waals surface area contributed by atoms with Gasteiger partial charge in [-0.2, -0.15) is 0 Å². The number of carbonyl (C=O) groups excluding carboxylic acids is 1. The van der Waals surface area contributed by atoms with Crippen LogP contribution in [0.15, 0.2) is 0 Å². The number of carboxylic acid groups (broad SMARTS) is 1. The second-order valence-corrected chi connectivity index (χ2v) is 4.44. The fourth-order valence-electron chi connectivity index (χ4n) is 2.29. The molecule has 98 valence electrons. The van der Waals surface area contributed by atoms with Gasteiger partial charge in [-0.1, -0.05) is 6.42 Å². The van der Waals surface area contributed by atoms with Gasteiger partial charge in [0.2, 0.25) is 5.91 Å². The Kier molecular flexibility index (Phi) is 5.41. The highest BCUT2D eigenvalue weighted by Gasteiger charge is 2.38. The number of carboxylic acids is 1. The van der Waals surface area contributed by atoms with Gasteiger partial charge in [-0.05, 0) is 19.8 Å². The second kappa shape index (κ2) is 6.59. The highest BCUT2D eigenvalue weighted by atomic mass is 16.5. The normalized spacial score (nSPS) is 23.6. The maximum absolute atomic E-state index is 12.1. The SMILES string of the molecule is CCOCCN(C)C(=O)C1CCCC1C(=O)O. The van der Waals surface area contributed by atoms with Gasteiger partial charge < -0.3 is 14.7 Å². The summed E-state index contributed by atoms with van der Waals surface area (Å²) in [7, 11) is 1.71. The monoisotopic (exact) mass is 243 g/mol. The second-order valence-electron chi connectivity index (χ2n) is 4.44. The minimum Gasteiger partial charge on any atom is -0.481 e. The Bertz CT molecular complexity index is 280. The van der Waals surface area contributed by atoms with Gasteiger partial charge in [0.05, 0.1) is 18.4 Å². The number of amides is 1. The largest absolute Gasteiger partial charge is 0.481 e. The molecule has 1 aliphatic rings. The summed E-state index contributed by atoms with van der Waals surface area (Å²) in [5.74, 6) is -1.76. The van der Waals surface area contributed by atoms with E-state index in [0.717, 1.165) is 6.42 Å². The number of hydrogen-bond donors (Lipinski definition) is 1.